The minimum atomic E-state index is -4.19. The fraction of sp³-hybridized carbons (Fsp3) is 0.357. The molecule has 1 amide bonds. The lowest BCUT2D eigenvalue weighted by Crippen LogP contribution is -2.49. The van der Waals surface area contributed by atoms with Crippen molar-refractivity contribution in [3.63, 3.8) is 0 Å². The number of oxime groups is 1. The monoisotopic (exact) mass is 565 g/mol. The number of amides is 1. The molecule has 1 atom stereocenters. The van der Waals surface area contributed by atoms with Gasteiger partial charge in [-0.15, -0.1) is 0 Å². The fourth-order valence-corrected chi connectivity index (χ4v) is 6.61. The van der Waals surface area contributed by atoms with Gasteiger partial charge in [-0.2, -0.15) is 4.72 Å². The van der Waals surface area contributed by atoms with Gasteiger partial charge in [0.25, 0.3) is 5.91 Å². The molecule has 11 nitrogen and oxygen atoms in total. The van der Waals surface area contributed by atoms with Crippen molar-refractivity contribution >= 4 is 44.2 Å². The van der Waals surface area contributed by atoms with Crippen LogP contribution in [0.4, 0.5) is 5.82 Å². The van der Waals surface area contributed by atoms with Gasteiger partial charge in [0, 0.05) is 31.1 Å². The Morgan fingerprint density at radius 3 is 2.55 bits per heavy atom. The van der Waals surface area contributed by atoms with Gasteiger partial charge in [0.2, 0.25) is 10.0 Å². The predicted octanol–water partition coefficient (Wildman–Crippen LogP) is 2.90. The van der Waals surface area contributed by atoms with Gasteiger partial charge >= 0.3 is 5.97 Å². The molecule has 210 valence electrons. The number of aromatic nitrogens is 1. The van der Waals surface area contributed by atoms with Crippen molar-refractivity contribution in [1.29, 1.82) is 0 Å². The summed E-state index contributed by atoms with van der Waals surface area (Å²) < 4.78 is 28.4. The highest BCUT2D eigenvalue weighted by atomic mass is 32.2. The smallest absolute Gasteiger partial charge is 0.323 e. The summed E-state index contributed by atoms with van der Waals surface area (Å²) in [4.78, 5) is 34.7. The van der Waals surface area contributed by atoms with Crippen molar-refractivity contribution in [3.05, 3.63) is 66.9 Å². The first-order chi connectivity index (χ1) is 19.2. The average Bonchev–Trinajstić information content (AvgIpc) is 3.38. The zero-order valence-electron chi connectivity index (χ0n) is 21.7. The van der Waals surface area contributed by atoms with Gasteiger partial charge in [-0.25, -0.2) is 13.4 Å². The lowest BCUT2D eigenvalue weighted by atomic mass is 9.76. The molecule has 1 aromatic heterocycles. The molecular formula is C28H31N5O6S. The van der Waals surface area contributed by atoms with E-state index in [2.05, 4.69) is 25.5 Å². The number of anilines is 1. The molecule has 0 saturated heterocycles. The molecule has 3 aromatic rings. The topological polar surface area (TPSA) is 159 Å². The normalized spacial score (nSPS) is 21.4. The van der Waals surface area contributed by atoms with Crippen LogP contribution in [0.25, 0.3) is 10.8 Å². The highest BCUT2D eigenvalue weighted by Gasteiger charge is 2.44. The van der Waals surface area contributed by atoms with Gasteiger partial charge in [-0.3, -0.25) is 9.59 Å². The van der Waals surface area contributed by atoms with E-state index in [1.165, 1.54) is 6.07 Å². The van der Waals surface area contributed by atoms with Crippen LogP contribution in [0.15, 0.2) is 76.9 Å². The second-order valence-corrected chi connectivity index (χ2v) is 11.9. The Hall–Kier alpha value is -4.03. The van der Waals surface area contributed by atoms with Gasteiger partial charge < -0.3 is 20.6 Å². The Kier molecular flexibility index (Phi) is 7.99. The number of nitrogens with one attached hydrogen (secondary N) is 3. The summed E-state index contributed by atoms with van der Waals surface area (Å²) in [6.07, 6.45) is 5.35. The van der Waals surface area contributed by atoms with Crippen molar-refractivity contribution < 1.29 is 28.0 Å². The van der Waals surface area contributed by atoms with Crippen LogP contribution < -0.4 is 15.4 Å². The molecule has 1 fully saturated rings. The number of hydrogen-bond acceptors (Lipinski definition) is 8. The van der Waals surface area contributed by atoms with Gasteiger partial charge in [0.05, 0.1) is 4.90 Å². The summed E-state index contributed by atoms with van der Waals surface area (Å²) in [6, 6.07) is 15.8. The number of nitrogens with zero attached hydrogens (tertiary/aromatic N) is 2. The van der Waals surface area contributed by atoms with Gasteiger partial charge in [0.15, 0.2) is 0 Å². The van der Waals surface area contributed by atoms with Gasteiger partial charge in [-0.05, 0) is 55.2 Å². The molecule has 40 heavy (non-hydrogen) atoms. The second-order valence-electron chi connectivity index (χ2n) is 10.2. The van der Waals surface area contributed by atoms with Crippen LogP contribution in [0, 0.1) is 5.92 Å². The maximum absolute atomic E-state index is 13.1. The SMILES string of the molecule is O=C(NC[C@H](NS(=O)(=O)c1cccc2ccccc12)C(=O)O)C1=NOC2(CCC(CNc3ccccn3)CC2)C1. The number of sulfonamides is 1. The summed E-state index contributed by atoms with van der Waals surface area (Å²) in [7, 11) is -4.19. The molecule has 2 aromatic carbocycles. The number of carboxylic acid groups (broad SMARTS) is 1. The number of rotatable bonds is 10. The van der Waals surface area contributed by atoms with Crippen LogP contribution in [0.5, 0.6) is 0 Å². The third-order valence-corrected chi connectivity index (χ3v) is 8.99. The summed E-state index contributed by atoms with van der Waals surface area (Å²) in [5.41, 5.74) is -0.373. The van der Waals surface area contributed by atoms with E-state index in [9.17, 15) is 23.1 Å². The Bertz CT molecular complexity index is 1520. The highest BCUT2D eigenvalue weighted by Crippen LogP contribution is 2.40. The number of benzene rings is 2. The van der Waals surface area contributed by atoms with Gasteiger partial charge in [0.1, 0.15) is 23.2 Å². The summed E-state index contributed by atoms with van der Waals surface area (Å²) in [6.45, 7) is 0.345. The molecular weight excluding hydrogens is 534 g/mol. The van der Waals surface area contributed by atoms with Crippen molar-refractivity contribution in [3.8, 4) is 0 Å². The van der Waals surface area contributed by atoms with E-state index in [4.69, 9.17) is 4.84 Å². The fourth-order valence-electron chi connectivity index (χ4n) is 5.19. The maximum atomic E-state index is 13.1. The van der Waals surface area contributed by atoms with Crippen LogP contribution in [0.2, 0.25) is 0 Å². The lowest BCUT2D eigenvalue weighted by Gasteiger charge is -2.34. The number of carbonyl (C=O) groups excluding carboxylic acids is 1. The molecule has 1 saturated carbocycles. The van der Waals surface area contributed by atoms with Crippen molar-refractivity contribution in [2.45, 2.75) is 48.6 Å². The summed E-state index contributed by atoms with van der Waals surface area (Å²) in [5.74, 6) is -0.712. The van der Waals surface area contributed by atoms with E-state index < -0.39 is 40.1 Å². The highest BCUT2D eigenvalue weighted by molar-refractivity contribution is 7.89. The van der Waals surface area contributed by atoms with Crippen molar-refractivity contribution in [2.24, 2.45) is 11.1 Å². The van der Waals surface area contributed by atoms with E-state index in [1.54, 1.807) is 42.6 Å². The molecule has 2 aliphatic rings. The number of fused-ring (bicyclic) bond motifs is 1. The Balaban J connectivity index is 1.13. The molecule has 1 aliphatic heterocycles. The molecule has 5 rings (SSSR count). The zero-order chi connectivity index (χ0) is 28.2. The lowest BCUT2D eigenvalue weighted by molar-refractivity contribution is -0.138. The van der Waals surface area contributed by atoms with E-state index in [0.29, 0.717) is 23.1 Å². The van der Waals surface area contributed by atoms with E-state index in [1.807, 2.05) is 18.2 Å². The first-order valence-corrected chi connectivity index (χ1v) is 14.6. The average molecular weight is 566 g/mol. The van der Waals surface area contributed by atoms with E-state index >= 15 is 0 Å². The predicted molar refractivity (Wildman–Crippen MR) is 149 cm³/mol. The standard InChI is InChI=1S/C28H31N5O6S/c34-26(22-16-28(39-32-22)13-11-19(12-14-28)17-30-25-10-3-4-15-29-25)31-18-23(27(35)36)33-40(37,38)24-9-5-7-20-6-1-2-8-21(20)24/h1-10,15,19,23,33H,11-14,16-18H2,(H,29,30)(H,31,34)(H,35,36)/t19?,23-,28?/m0/s1. The minimum absolute atomic E-state index is 0.0375. The molecule has 0 unspecified atom stereocenters. The van der Waals surface area contributed by atoms with Crippen LogP contribution >= 0.6 is 0 Å². The number of hydrogen-bond donors (Lipinski definition) is 4. The summed E-state index contributed by atoms with van der Waals surface area (Å²) in [5, 5.41) is 20.7. The number of carbonyl (C=O) groups is 2. The van der Waals surface area contributed by atoms with Crippen molar-refractivity contribution in [1.82, 2.24) is 15.0 Å². The van der Waals surface area contributed by atoms with Crippen LogP contribution in [0.3, 0.4) is 0 Å². The number of pyridine rings is 1. The largest absolute Gasteiger partial charge is 0.480 e. The molecule has 1 aliphatic carbocycles. The number of carboxylic acids is 1. The minimum Gasteiger partial charge on any atom is -0.480 e. The van der Waals surface area contributed by atoms with Gasteiger partial charge in [-0.1, -0.05) is 47.6 Å². The zero-order valence-corrected chi connectivity index (χ0v) is 22.6. The Morgan fingerprint density at radius 2 is 1.80 bits per heavy atom. The summed E-state index contributed by atoms with van der Waals surface area (Å²) >= 11 is 0. The molecule has 2 heterocycles. The Labute approximate surface area is 232 Å². The van der Waals surface area contributed by atoms with Crippen LogP contribution in [-0.2, 0) is 24.4 Å². The molecule has 0 bridgehead atoms. The first-order valence-electron chi connectivity index (χ1n) is 13.2. The van der Waals surface area contributed by atoms with Crippen molar-refractivity contribution in [2.75, 3.05) is 18.4 Å². The third kappa shape index (κ3) is 6.23. The molecule has 4 N–H and O–H groups in total. The first kappa shape index (κ1) is 27.5. The van der Waals surface area contributed by atoms with Crippen LogP contribution in [0.1, 0.15) is 32.1 Å². The van der Waals surface area contributed by atoms with E-state index in [0.717, 1.165) is 38.0 Å². The quantitative estimate of drug-likeness (QED) is 0.292. The van der Waals surface area contributed by atoms with Crippen LogP contribution in [-0.4, -0.2) is 60.8 Å². The molecule has 12 heteroatoms. The molecule has 0 radical (unpaired) electrons. The number of aliphatic carboxylic acids is 1. The maximum Gasteiger partial charge on any atom is 0.323 e. The molecule has 1 spiro atoms. The van der Waals surface area contributed by atoms with E-state index in [-0.39, 0.29) is 10.6 Å². The third-order valence-electron chi connectivity index (χ3n) is 7.46. The Morgan fingerprint density at radius 1 is 1.05 bits per heavy atom. The second kappa shape index (κ2) is 11.6.